The van der Waals surface area contributed by atoms with Gasteiger partial charge < -0.3 is 14.4 Å². The van der Waals surface area contributed by atoms with Crippen LogP contribution in [0, 0.1) is 0 Å². The minimum Gasteiger partial charge on any atom is -0.465 e. The molecule has 0 radical (unpaired) electrons. The molecule has 5 nitrogen and oxygen atoms in total. The van der Waals surface area contributed by atoms with Crippen LogP contribution >= 0.6 is 0 Å². The monoisotopic (exact) mass is 237 g/mol. The molecule has 1 rings (SSSR count). The predicted octanol–water partition coefficient (Wildman–Crippen LogP) is 0.992. The Labute approximate surface area is 100.0 Å². The second-order valence-electron chi connectivity index (χ2n) is 3.56. The molecule has 0 atom stereocenters. The predicted molar refractivity (Wildman–Crippen MR) is 61.7 cm³/mol. The Bertz CT molecular complexity index is 414. The van der Waals surface area contributed by atoms with Crippen molar-refractivity contribution in [1.82, 2.24) is 4.90 Å². The minimum absolute atomic E-state index is 0.110. The maximum absolute atomic E-state index is 11.6. The van der Waals surface area contributed by atoms with Gasteiger partial charge in [-0.25, -0.2) is 9.59 Å². The fourth-order valence-corrected chi connectivity index (χ4v) is 1.42. The maximum Gasteiger partial charge on any atom is 0.347 e. The molecule has 0 bridgehead atoms. The first-order valence-corrected chi connectivity index (χ1v) is 5.01. The molecule has 0 fully saturated rings. The Balaban J connectivity index is 3.32. The van der Waals surface area contributed by atoms with Crippen molar-refractivity contribution in [2.45, 2.75) is 6.92 Å². The molecule has 0 aromatic heterocycles. The average molecular weight is 237 g/mol. The number of likely N-dealkylation sites (N-methyl/N-ethyl adjacent to an activating group) is 1. The van der Waals surface area contributed by atoms with E-state index in [1.807, 2.05) is 13.0 Å². The van der Waals surface area contributed by atoms with Crippen LogP contribution in [0.15, 0.2) is 35.2 Å². The molecule has 1 aliphatic rings. The number of hydrogen-bond acceptors (Lipinski definition) is 5. The van der Waals surface area contributed by atoms with Crippen molar-refractivity contribution >= 4 is 11.9 Å². The molecule has 92 valence electrons. The summed E-state index contributed by atoms with van der Waals surface area (Å²) < 4.78 is 9.19. The number of esters is 2. The lowest BCUT2D eigenvalue weighted by molar-refractivity contribution is -0.144. The largest absolute Gasteiger partial charge is 0.465 e. The van der Waals surface area contributed by atoms with E-state index in [4.69, 9.17) is 0 Å². The highest BCUT2D eigenvalue weighted by molar-refractivity contribution is 6.15. The van der Waals surface area contributed by atoms with Crippen LogP contribution < -0.4 is 0 Å². The number of nitrogens with zero attached hydrogens (tertiary/aromatic N) is 1. The number of methoxy groups -OCH3 is 2. The van der Waals surface area contributed by atoms with Gasteiger partial charge in [0.2, 0.25) is 0 Å². The van der Waals surface area contributed by atoms with Gasteiger partial charge in [0.25, 0.3) is 0 Å². The van der Waals surface area contributed by atoms with E-state index >= 15 is 0 Å². The van der Waals surface area contributed by atoms with E-state index < -0.39 is 11.9 Å². The highest BCUT2D eigenvalue weighted by Crippen LogP contribution is 2.20. The standard InChI is InChI=1S/C12H15NO4/c1-8-5-6-13(2)9(7-8)10(11(14)16-3)12(15)17-4/h5-7H,1-4H3. The third kappa shape index (κ3) is 2.75. The number of rotatable bonds is 2. The molecule has 0 saturated carbocycles. The van der Waals surface area contributed by atoms with Crippen LogP contribution in [0.1, 0.15) is 6.92 Å². The van der Waals surface area contributed by atoms with Gasteiger partial charge in [0.1, 0.15) is 0 Å². The number of carbonyl (C=O) groups is 2. The Morgan fingerprint density at radius 2 is 1.71 bits per heavy atom. The fraction of sp³-hybridized carbons (Fsp3) is 0.333. The lowest BCUT2D eigenvalue weighted by Crippen LogP contribution is -2.24. The van der Waals surface area contributed by atoms with Crippen molar-refractivity contribution in [2.24, 2.45) is 0 Å². The highest BCUT2D eigenvalue weighted by Gasteiger charge is 2.26. The molecular formula is C12H15NO4. The maximum atomic E-state index is 11.6. The third-order valence-electron chi connectivity index (χ3n) is 2.34. The Morgan fingerprint density at radius 1 is 1.18 bits per heavy atom. The first-order valence-electron chi connectivity index (χ1n) is 5.01. The van der Waals surface area contributed by atoms with Crippen molar-refractivity contribution < 1.29 is 19.1 Å². The molecule has 0 spiro atoms. The Hall–Kier alpha value is -2.04. The Kier molecular flexibility index (Phi) is 4.09. The van der Waals surface area contributed by atoms with E-state index in [0.29, 0.717) is 5.70 Å². The summed E-state index contributed by atoms with van der Waals surface area (Å²) in [6.07, 6.45) is 5.36. The summed E-state index contributed by atoms with van der Waals surface area (Å²) in [6, 6.07) is 0. The number of ether oxygens (including phenoxy) is 2. The van der Waals surface area contributed by atoms with Crippen LogP contribution in [0.3, 0.4) is 0 Å². The van der Waals surface area contributed by atoms with Crippen molar-refractivity contribution in [3.8, 4) is 0 Å². The summed E-state index contributed by atoms with van der Waals surface area (Å²) in [5.74, 6) is -1.42. The van der Waals surface area contributed by atoms with Crippen LogP contribution in [0.4, 0.5) is 0 Å². The van der Waals surface area contributed by atoms with E-state index in [1.165, 1.54) is 14.2 Å². The van der Waals surface area contributed by atoms with Gasteiger partial charge in [-0.3, -0.25) is 0 Å². The van der Waals surface area contributed by atoms with Crippen LogP contribution in [-0.2, 0) is 19.1 Å². The fourth-order valence-electron chi connectivity index (χ4n) is 1.42. The van der Waals surface area contributed by atoms with Crippen molar-refractivity contribution in [3.05, 3.63) is 35.2 Å². The van der Waals surface area contributed by atoms with Gasteiger partial charge in [-0.2, -0.15) is 0 Å². The number of carbonyl (C=O) groups excluding carboxylic acids is 2. The van der Waals surface area contributed by atoms with Gasteiger partial charge in [0, 0.05) is 13.2 Å². The number of allylic oxidation sites excluding steroid dienone is 3. The van der Waals surface area contributed by atoms with E-state index in [-0.39, 0.29) is 5.57 Å². The van der Waals surface area contributed by atoms with Gasteiger partial charge in [0.15, 0.2) is 5.57 Å². The van der Waals surface area contributed by atoms with Crippen molar-refractivity contribution in [1.29, 1.82) is 0 Å². The van der Waals surface area contributed by atoms with Gasteiger partial charge in [-0.05, 0) is 24.6 Å². The molecule has 1 aliphatic heterocycles. The third-order valence-corrected chi connectivity index (χ3v) is 2.34. The van der Waals surface area contributed by atoms with Crippen molar-refractivity contribution in [2.75, 3.05) is 21.3 Å². The SMILES string of the molecule is COC(=O)C(C(=O)OC)=C1C=C(C)C=CN1C. The summed E-state index contributed by atoms with van der Waals surface area (Å²) in [4.78, 5) is 24.9. The molecule has 0 aliphatic carbocycles. The summed E-state index contributed by atoms with van der Waals surface area (Å²) in [5.41, 5.74) is 1.29. The van der Waals surface area contributed by atoms with Gasteiger partial charge in [-0.15, -0.1) is 0 Å². The average Bonchev–Trinajstić information content (AvgIpc) is 2.33. The van der Waals surface area contributed by atoms with Crippen LogP contribution in [0.2, 0.25) is 0 Å². The van der Waals surface area contributed by atoms with E-state index in [0.717, 1.165) is 5.57 Å². The van der Waals surface area contributed by atoms with Crippen LogP contribution in [0.5, 0.6) is 0 Å². The first kappa shape index (κ1) is 13.0. The second-order valence-corrected chi connectivity index (χ2v) is 3.56. The molecular weight excluding hydrogens is 222 g/mol. The zero-order valence-electron chi connectivity index (χ0n) is 10.3. The second kappa shape index (κ2) is 5.34. The molecule has 1 heterocycles. The molecule has 0 aromatic carbocycles. The molecule has 0 N–H and O–H groups in total. The smallest absolute Gasteiger partial charge is 0.347 e. The van der Waals surface area contributed by atoms with Crippen LogP contribution in [-0.4, -0.2) is 38.1 Å². The van der Waals surface area contributed by atoms with Gasteiger partial charge >= 0.3 is 11.9 Å². The summed E-state index contributed by atoms with van der Waals surface area (Å²) in [5, 5.41) is 0. The summed E-state index contributed by atoms with van der Waals surface area (Å²) >= 11 is 0. The lowest BCUT2D eigenvalue weighted by Gasteiger charge is -2.21. The molecule has 0 saturated heterocycles. The summed E-state index contributed by atoms with van der Waals surface area (Å²) in [7, 11) is 4.18. The molecule has 17 heavy (non-hydrogen) atoms. The molecule has 0 unspecified atom stereocenters. The normalized spacial score (nSPS) is 14.2. The van der Waals surface area contributed by atoms with E-state index in [1.54, 1.807) is 24.2 Å². The highest BCUT2D eigenvalue weighted by atomic mass is 16.5. The first-order chi connectivity index (χ1) is 8.01. The van der Waals surface area contributed by atoms with E-state index in [2.05, 4.69) is 9.47 Å². The zero-order valence-corrected chi connectivity index (χ0v) is 10.3. The number of hydrogen-bond donors (Lipinski definition) is 0. The Morgan fingerprint density at radius 3 is 2.18 bits per heavy atom. The lowest BCUT2D eigenvalue weighted by atomic mass is 10.1. The van der Waals surface area contributed by atoms with Gasteiger partial charge in [-0.1, -0.05) is 0 Å². The van der Waals surface area contributed by atoms with Gasteiger partial charge in [0.05, 0.1) is 19.9 Å². The van der Waals surface area contributed by atoms with E-state index in [9.17, 15) is 9.59 Å². The van der Waals surface area contributed by atoms with Crippen molar-refractivity contribution in [3.63, 3.8) is 0 Å². The summed E-state index contributed by atoms with van der Waals surface area (Å²) in [6.45, 7) is 1.87. The zero-order chi connectivity index (χ0) is 13.0. The minimum atomic E-state index is -0.710. The molecule has 5 heteroatoms. The quantitative estimate of drug-likeness (QED) is 0.310. The molecule has 0 amide bonds. The van der Waals surface area contributed by atoms with Crippen LogP contribution in [0.25, 0.3) is 0 Å². The topological polar surface area (TPSA) is 55.8 Å². The molecule has 0 aromatic rings.